The summed E-state index contributed by atoms with van der Waals surface area (Å²) in [7, 11) is -2.80. The van der Waals surface area contributed by atoms with Crippen molar-refractivity contribution in [3.63, 3.8) is 0 Å². The van der Waals surface area contributed by atoms with Gasteiger partial charge in [-0.2, -0.15) is 0 Å². The highest BCUT2D eigenvalue weighted by Gasteiger charge is 2.22. The maximum absolute atomic E-state index is 14.1. The predicted molar refractivity (Wildman–Crippen MR) is 88.2 cm³/mol. The third-order valence-electron chi connectivity index (χ3n) is 3.36. The molecule has 1 aromatic heterocycles. The molecule has 0 aliphatic carbocycles. The van der Waals surface area contributed by atoms with E-state index >= 15 is 0 Å². The summed E-state index contributed by atoms with van der Waals surface area (Å²) >= 11 is 0. The van der Waals surface area contributed by atoms with Crippen LogP contribution < -0.4 is 9.46 Å². The van der Waals surface area contributed by atoms with Gasteiger partial charge < -0.3 is 9.15 Å². The van der Waals surface area contributed by atoms with Gasteiger partial charge in [-0.15, -0.1) is 10.2 Å². The minimum Gasteiger partial charge on any atom is -0.497 e. The summed E-state index contributed by atoms with van der Waals surface area (Å²) in [6.45, 7) is 1.62. The van der Waals surface area contributed by atoms with Crippen LogP contribution in [0.15, 0.2) is 51.8 Å². The Labute approximate surface area is 143 Å². The molecule has 0 aliphatic heterocycles. The highest BCUT2D eigenvalue weighted by Crippen LogP contribution is 2.29. The molecule has 0 saturated carbocycles. The van der Waals surface area contributed by atoms with E-state index in [1.807, 2.05) is 0 Å². The fourth-order valence-corrected chi connectivity index (χ4v) is 3.33. The number of nitrogens with one attached hydrogen (secondary N) is 1. The predicted octanol–water partition coefficient (Wildman–Crippen LogP) is 2.99. The Bertz CT molecular complexity index is 1020. The van der Waals surface area contributed by atoms with Crippen molar-refractivity contribution in [2.24, 2.45) is 0 Å². The van der Waals surface area contributed by atoms with Gasteiger partial charge in [-0.25, -0.2) is 12.8 Å². The second kappa shape index (κ2) is 6.52. The fraction of sp³-hybridized carbons (Fsp3) is 0.125. The second-order valence-corrected chi connectivity index (χ2v) is 6.72. The molecular weight excluding hydrogens is 349 g/mol. The number of nitrogens with zero attached hydrogens (tertiary/aromatic N) is 2. The first-order valence-corrected chi connectivity index (χ1v) is 8.65. The Morgan fingerprint density at radius 2 is 1.92 bits per heavy atom. The molecule has 0 saturated heterocycles. The van der Waals surface area contributed by atoms with E-state index in [9.17, 15) is 12.8 Å². The number of aromatic nitrogens is 2. The number of hydrogen-bond acceptors (Lipinski definition) is 6. The van der Waals surface area contributed by atoms with Crippen LogP contribution in [-0.4, -0.2) is 25.7 Å². The zero-order chi connectivity index (χ0) is 18.0. The lowest BCUT2D eigenvalue weighted by Gasteiger charge is -2.12. The second-order valence-electron chi connectivity index (χ2n) is 5.07. The van der Waals surface area contributed by atoms with Crippen molar-refractivity contribution in [1.29, 1.82) is 0 Å². The first kappa shape index (κ1) is 16.9. The molecule has 7 nitrogen and oxygen atoms in total. The summed E-state index contributed by atoms with van der Waals surface area (Å²) < 4.78 is 51.8. The van der Waals surface area contributed by atoms with E-state index in [0.717, 1.165) is 12.1 Å². The summed E-state index contributed by atoms with van der Waals surface area (Å²) in [5.74, 6) is -0.198. The number of rotatable bonds is 5. The van der Waals surface area contributed by atoms with Gasteiger partial charge >= 0.3 is 0 Å². The maximum atomic E-state index is 14.1. The minimum atomic E-state index is -4.16. The van der Waals surface area contributed by atoms with Crippen LogP contribution in [0.1, 0.15) is 5.89 Å². The fourth-order valence-electron chi connectivity index (χ4n) is 2.19. The number of ether oxygens (including phenoxy) is 1. The number of anilines is 1. The molecular formula is C16H14FN3O4S. The van der Waals surface area contributed by atoms with Crippen LogP contribution in [0.25, 0.3) is 11.5 Å². The van der Waals surface area contributed by atoms with Crippen LogP contribution in [0.2, 0.25) is 0 Å². The molecule has 0 unspecified atom stereocenters. The first-order chi connectivity index (χ1) is 11.9. The molecule has 0 amide bonds. The molecule has 0 atom stereocenters. The molecule has 9 heteroatoms. The highest BCUT2D eigenvalue weighted by molar-refractivity contribution is 7.92. The molecule has 0 bridgehead atoms. The zero-order valence-electron chi connectivity index (χ0n) is 13.4. The lowest BCUT2D eigenvalue weighted by atomic mass is 10.2. The van der Waals surface area contributed by atoms with Crippen LogP contribution in [0.3, 0.4) is 0 Å². The van der Waals surface area contributed by atoms with E-state index in [1.54, 1.807) is 25.1 Å². The Morgan fingerprint density at radius 3 is 2.56 bits per heavy atom. The van der Waals surface area contributed by atoms with Crippen molar-refractivity contribution in [2.75, 3.05) is 11.8 Å². The van der Waals surface area contributed by atoms with E-state index in [4.69, 9.17) is 9.15 Å². The lowest BCUT2D eigenvalue weighted by molar-refractivity contribution is 0.410. The van der Waals surface area contributed by atoms with E-state index < -0.39 is 20.7 Å². The molecule has 1 heterocycles. The average molecular weight is 363 g/mol. The monoisotopic (exact) mass is 363 g/mol. The molecule has 130 valence electrons. The average Bonchev–Trinajstić information content (AvgIpc) is 3.01. The van der Waals surface area contributed by atoms with Crippen LogP contribution in [0, 0.1) is 12.7 Å². The van der Waals surface area contributed by atoms with Gasteiger partial charge in [0.2, 0.25) is 11.8 Å². The number of methoxy groups -OCH3 is 1. The van der Waals surface area contributed by atoms with Gasteiger partial charge in [0.1, 0.15) is 16.5 Å². The van der Waals surface area contributed by atoms with Gasteiger partial charge in [-0.05, 0) is 24.3 Å². The Morgan fingerprint density at radius 1 is 1.16 bits per heavy atom. The summed E-state index contributed by atoms with van der Waals surface area (Å²) in [5.41, 5.74) is 0.585. The number of halogens is 1. The normalized spacial score (nSPS) is 11.3. The number of benzene rings is 2. The smallest absolute Gasteiger partial charge is 0.264 e. The van der Waals surface area contributed by atoms with Crippen LogP contribution in [-0.2, 0) is 10.0 Å². The highest BCUT2D eigenvalue weighted by atomic mass is 32.2. The molecule has 0 aliphatic rings. The molecule has 3 aromatic rings. The Hall–Kier alpha value is -2.94. The molecule has 1 N–H and O–H groups in total. The quantitative estimate of drug-likeness (QED) is 0.749. The van der Waals surface area contributed by atoms with Crippen LogP contribution >= 0.6 is 0 Å². The molecule has 0 fully saturated rings. The van der Waals surface area contributed by atoms with E-state index in [0.29, 0.717) is 11.5 Å². The summed E-state index contributed by atoms with van der Waals surface area (Å²) in [4.78, 5) is -0.496. The van der Waals surface area contributed by atoms with Crippen molar-refractivity contribution in [3.05, 3.63) is 54.2 Å². The molecule has 25 heavy (non-hydrogen) atoms. The number of para-hydroxylation sites is 1. The third-order valence-corrected chi connectivity index (χ3v) is 4.76. The Kier molecular flexibility index (Phi) is 4.41. The van der Waals surface area contributed by atoms with Gasteiger partial charge in [0, 0.05) is 13.0 Å². The zero-order valence-corrected chi connectivity index (χ0v) is 14.2. The van der Waals surface area contributed by atoms with Gasteiger partial charge in [-0.1, -0.05) is 12.1 Å². The van der Waals surface area contributed by atoms with Crippen molar-refractivity contribution in [3.8, 4) is 17.2 Å². The third kappa shape index (κ3) is 3.45. The summed E-state index contributed by atoms with van der Waals surface area (Å²) in [6, 6.07) is 9.97. The lowest BCUT2D eigenvalue weighted by Crippen LogP contribution is -2.15. The van der Waals surface area contributed by atoms with Gasteiger partial charge in [0.25, 0.3) is 10.0 Å². The number of hydrogen-bond donors (Lipinski definition) is 1. The first-order valence-electron chi connectivity index (χ1n) is 7.16. The van der Waals surface area contributed by atoms with Crippen molar-refractivity contribution in [1.82, 2.24) is 10.2 Å². The van der Waals surface area contributed by atoms with Crippen molar-refractivity contribution in [2.45, 2.75) is 11.8 Å². The maximum Gasteiger partial charge on any atom is 0.264 e. The van der Waals surface area contributed by atoms with E-state index in [-0.39, 0.29) is 17.3 Å². The molecule has 3 rings (SSSR count). The van der Waals surface area contributed by atoms with Gasteiger partial charge in [-0.3, -0.25) is 4.72 Å². The number of aryl methyl sites for hydroxylation is 1. The standard InChI is InChI=1S/C16H14FN3O4S/c1-10-18-19-16(24-10)12-5-3-4-6-14(12)20-25(21,22)15-8-7-11(23-2)9-13(15)17/h3-9,20H,1-2H3. The SMILES string of the molecule is COc1ccc(S(=O)(=O)Nc2ccccc2-c2nnc(C)o2)c(F)c1. The molecule has 2 aromatic carbocycles. The Balaban J connectivity index is 2.00. The van der Waals surface area contributed by atoms with E-state index in [2.05, 4.69) is 14.9 Å². The van der Waals surface area contributed by atoms with Gasteiger partial charge in [0.15, 0.2) is 0 Å². The summed E-state index contributed by atoms with van der Waals surface area (Å²) in [6.07, 6.45) is 0. The van der Waals surface area contributed by atoms with Gasteiger partial charge in [0.05, 0.1) is 18.4 Å². The topological polar surface area (TPSA) is 94.3 Å². The largest absolute Gasteiger partial charge is 0.497 e. The van der Waals surface area contributed by atoms with Crippen molar-refractivity contribution < 1.29 is 22.0 Å². The van der Waals surface area contributed by atoms with E-state index in [1.165, 1.54) is 19.2 Å². The molecule has 0 radical (unpaired) electrons. The molecule has 0 spiro atoms. The van der Waals surface area contributed by atoms with Crippen molar-refractivity contribution >= 4 is 15.7 Å². The number of sulfonamides is 1. The minimum absolute atomic E-state index is 0.158. The van der Waals surface area contributed by atoms with Crippen LogP contribution in [0.5, 0.6) is 5.75 Å². The summed E-state index contributed by atoms with van der Waals surface area (Å²) in [5, 5.41) is 7.60. The van der Waals surface area contributed by atoms with Crippen LogP contribution in [0.4, 0.5) is 10.1 Å².